The molecule has 6 nitrogen and oxygen atoms in total. The number of aromatic amines is 1. The van der Waals surface area contributed by atoms with Crippen molar-refractivity contribution in [2.75, 3.05) is 20.2 Å². The monoisotopic (exact) mass is 287 g/mol. The maximum absolute atomic E-state index is 11.9. The van der Waals surface area contributed by atoms with Crippen molar-refractivity contribution in [3.8, 4) is 11.5 Å². The smallest absolute Gasteiger partial charge is 0.258 e. The van der Waals surface area contributed by atoms with Crippen LogP contribution in [-0.4, -0.2) is 36.3 Å². The molecular formula is C15H17N3O3. The maximum Gasteiger partial charge on any atom is 0.258 e. The van der Waals surface area contributed by atoms with Crippen LogP contribution in [0.2, 0.25) is 0 Å². The van der Waals surface area contributed by atoms with E-state index >= 15 is 0 Å². The molecule has 110 valence electrons. The van der Waals surface area contributed by atoms with Gasteiger partial charge in [-0.15, -0.1) is 0 Å². The minimum absolute atomic E-state index is 0.164. The van der Waals surface area contributed by atoms with Crippen molar-refractivity contribution in [1.29, 1.82) is 0 Å². The molecule has 2 fully saturated rings. The largest absolute Gasteiger partial charge is 0.493 e. The van der Waals surface area contributed by atoms with E-state index in [-0.39, 0.29) is 11.7 Å². The molecule has 3 atom stereocenters. The number of nitrogens with zero attached hydrogens (tertiary/aromatic N) is 1. The van der Waals surface area contributed by atoms with Crippen LogP contribution in [0.25, 0.3) is 10.9 Å². The quantitative estimate of drug-likeness (QED) is 0.878. The molecule has 4 rings (SSSR count). The number of piperidine rings is 2. The molecule has 1 aromatic heterocycles. The summed E-state index contributed by atoms with van der Waals surface area (Å²) in [5.41, 5.74) is 0.446. The van der Waals surface area contributed by atoms with E-state index in [1.54, 1.807) is 19.2 Å². The Morgan fingerprint density at radius 1 is 1.24 bits per heavy atom. The minimum atomic E-state index is -0.164. The summed E-state index contributed by atoms with van der Waals surface area (Å²) in [6, 6.07) is 3.49. The summed E-state index contributed by atoms with van der Waals surface area (Å²) in [7, 11) is 1.60. The van der Waals surface area contributed by atoms with Gasteiger partial charge in [0.05, 0.1) is 24.3 Å². The lowest BCUT2D eigenvalue weighted by Crippen LogP contribution is -2.59. The molecule has 0 radical (unpaired) electrons. The van der Waals surface area contributed by atoms with Crippen molar-refractivity contribution in [2.24, 2.45) is 11.8 Å². The van der Waals surface area contributed by atoms with Crippen LogP contribution >= 0.6 is 0 Å². The van der Waals surface area contributed by atoms with Crippen LogP contribution in [-0.2, 0) is 0 Å². The Kier molecular flexibility index (Phi) is 2.85. The van der Waals surface area contributed by atoms with Crippen molar-refractivity contribution in [1.82, 2.24) is 15.3 Å². The highest BCUT2D eigenvalue weighted by Crippen LogP contribution is 2.42. The fourth-order valence-electron chi connectivity index (χ4n) is 3.37. The fraction of sp³-hybridized carbons (Fsp3) is 0.467. The zero-order valence-corrected chi connectivity index (χ0v) is 11.8. The topological polar surface area (TPSA) is 76.2 Å². The molecule has 2 aliphatic rings. The van der Waals surface area contributed by atoms with Gasteiger partial charge in [-0.25, -0.2) is 4.98 Å². The Hall–Kier alpha value is -2.08. The third-order valence-corrected chi connectivity index (χ3v) is 4.54. The number of nitrogens with one attached hydrogen (secondary N) is 2. The second-order valence-electron chi connectivity index (χ2n) is 5.75. The lowest BCUT2D eigenvalue weighted by molar-refractivity contribution is -0.0455. The maximum atomic E-state index is 11.9. The highest BCUT2D eigenvalue weighted by molar-refractivity contribution is 5.81. The zero-order chi connectivity index (χ0) is 14.4. The van der Waals surface area contributed by atoms with Crippen LogP contribution in [0, 0.1) is 11.8 Å². The number of rotatable bonds is 3. The standard InChI is InChI=1S/C15H17N3O3/c1-20-12-4-11-10(15(19)18-7-17-11)3-13(12)21-14-8-2-9(14)6-16-5-8/h3-4,7-9,14,16H,2,5-6H2,1H3,(H,17,18,19)/t8-,9+,14+. The number of H-pyrrole nitrogens is 1. The van der Waals surface area contributed by atoms with Crippen LogP contribution in [0.4, 0.5) is 0 Å². The lowest BCUT2D eigenvalue weighted by Gasteiger charge is -2.49. The molecular weight excluding hydrogens is 270 g/mol. The number of aromatic nitrogens is 2. The molecule has 21 heavy (non-hydrogen) atoms. The molecule has 2 bridgehead atoms. The van der Waals surface area contributed by atoms with E-state index in [2.05, 4.69) is 15.3 Å². The van der Waals surface area contributed by atoms with E-state index in [0.717, 1.165) is 13.1 Å². The van der Waals surface area contributed by atoms with E-state index in [4.69, 9.17) is 9.47 Å². The third-order valence-electron chi connectivity index (χ3n) is 4.54. The van der Waals surface area contributed by atoms with Gasteiger partial charge in [0.1, 0.15) is 6.10 Å². The summed E-state index contributed by atoms with van der Waals surface area (Å²) < 4.78 is 11.5. The van der Waals surface area contributed by atoms with Crippen molar-refractivity contribution in [2.45, 2.75) is 12.5 Å². The lowest BCUT2D eigenvalue weighted by atomic mass is 9.69. The third kappa shape index (κ3) is 1.98. The van der Waals surface area contributed by atoms with Crippen LogP contribution < -0.4 is 20.3 Å². The van der Waals surface area contributed by atoms with E-state index in [1.807, 2.05) is 0 Å². The summed E-state index contributed by atoms with van der Waals surface area (Å²) in [6.45, 7) is 2.00. The summed E-state index contributed by atoms with van der Waals surface area (Å²) in [4.78, 5) is 18.6. The molecule has 6 heteroatoms. The number of methoxy groups -OCH3 is 1. The van der Waals surface area contributed by atoms with Gasteiger partial charge in [0.15, 0.2) is 11.5 Å². The van der Waals surface area contributed by atoms with Gasteiger partial charge < -0.3 is 19.8 Å². The molecule has 0 amide bonds. The van der Waals surface area contributed by atoms with Crippen molar-refractivity contribution >= 4 is 10.9 Å². The van der Waals surface area contributed by atoms with E-state index in [0.29, 0.717) is 34.2 Å². The molecule has 1 aliphatic carbocycles. The SMILES string of the molecule is COc1cc2nc[nH]c(=O)c2cc1O[C@@H]1[C@@H]2CNC[C@H]1C2. The average molecular weight is 287 g/mol. The molecule has 0 unspecified atom stereocenters. The van der Waals surface area contributed by atoms with Gasteiger partial charge in [-0.2, -0.15) is 0 Å². The number of benzene rings is 1. The number of hydrogen-bond donors (Lipinski definition) is 2. The van der Waals surface area contributed by atoms with Gasteiger partial charge in [0.25, 0.3) is 5.56 Å². The molecule has 2 aromatic rings. The highest BCUT2D eigenvalue weighted by Gasteiger charge is 2.45. The Morgan fingerprint density at radius 3 is 2.76 bits per heavy atom. The molecule has 1 aromatic carbocycles. The average Bonchev–Trinajstić information content (AvgIpc) is 2.53. The number of fused-ring (bicyclic) bond motifs is 3. The minimum Gasteiger partial charge on any atom is -0.493 e. The molecule has 2 N–H and O–H groups in total. The van der Waals surface area contributed by atoms with Crippen LogP contribution in [0.15, 0.2) is 23.3 Å². The van der Waals surface area contributed by atoms with E-state index in [1.165, 1.54) is 12.7 Å². The summed E-state index contributed by atoms with van der Waals surface area (Å²) in [5.74, 6) is 2.36. The van der Waals surface area contributed by atoms with Gasteiger partial charge in [-0.05, 0) is 12.5 Å². The Bertz CT molecular complexity index is 729. The van der Waals surface area contributed by atoms with Gasteiger partial charge >= 0.3 is 0 Å². The van der Waals surface area contributed by atoms with Crippen molar-refractivity contribution < 1.29 is 9.47 Å². The van der Waals surface area contributed by atoms with Crippen LogP contribution in [0.3, 0.4) is 0 Å². The zero-order valence-electron chi connectivity index (χ0n) is 11.8. The normalized spacial score (nSPS) is 27.2. The first-order valence-corrected chi connectivity index (χ1v) is 7.19. The molecule has 1 saturated carbocycles. The van der Waals surface area contributed by atoms with E-state index in [9.17, 15) is 4.79 Å². The Balaban J connectivity index is 1.73. The summed E-state index contributed by atoms with van der Waals surface area (Å²) in [6.07, 6.45) is 2.83. The number of hydrogen-bond acceptors (Lipinski definition) is 5. The van der Waals surface area contributed by atoms with Crippen molar-refractivity contribution in [3.05, 3.63) is 28.8 Å². The van der Waals surface area contributed by atoms with Crippen molar-refractivity contribution in [3.63, 3.8) is 0 Å². The second kappa shape index (κ2) is 4.73. The van der Waals surface area contributed by atoms with E-state index < -0.39 is 0 Å². The van der Waals surface area contributed by atoms with Crippen LogP contribution in [0.5, 0.6) is 11.5 Å². The number of ether oxygens (including phenoxy) is 2. The van der Waals surface area contributed by atoms with Gasteiger partial charge in [0.2, 0.25) is 0 Å². The predicted molar refractivity (Wildman–Crippen MR) is 77.8 cm³/mol. The molecule has 1 aliphatic heterocycles. The summed E-state index contributed by atoms with van der Waals surface area (Å²) in [5, 5.41) is 3.92. The predicted octanol–water partition coefficient (Wildman–Crippen LogP) is 0.918. The first-order valence-electron chi connectivity index (χ1n) is 7.19. The second-order valence-corrected chi connectivity index (χ2v) is 5.75. The first kappa shape index (κ1) is 12.6. The highest BCUT2D eigenvalue weighted by atomic mass is 16.5. The molecule has 2 heterocycles. The summed E-state index contributed by atoms with van der Waals surface area (Å²) >= 11 is 0. The first-order chi connectivity index (χ1) is 10.3. The van der Waals surface area contributed by atoms with Gasteiger partial charge in [-0.1, -0.05) is 0 Å². The fourth-order valence-corrected chi connectivity index (χ4v) is 3.37. The molecule has 0 spiro atoms. The van der Waals surface area contributed by atoms with Gasteiger partial charge in [-0.3, -0.25) is 4.79 Å². The van der Waals surface area contributed by atoms with Crippen LogP contribution in [0.1, 0.15) is 6.42 Å². The Labute approximate surface area is 121 Å². The molecule has 1 saturated heterocycles. The Morgan fingerprint density at radius 2 is 2.05 bits per heavy atom. The van der Waals surface area contributed by atoms with Gasteiger partial charge in [0, 0.05) is 31.0 Å².